The molecule has 0 aromatic heterocycles. The number of amidine groups is 1. The van der Waals surface area contributed by atoms with Crippen LogP contribution in [0.3, 0.4) is 0 Å². The van der Waals surface area contributed by atoms with E-state index in [9.17, 15) is 0 Å². The largest absolute Gasteiger partial charge is 0.409 e. The van der Waals surface area contributed by atoms with Gasteiger partial charge in [-0.3, -0.25) is 0 Å². The maximum atomic E-state index is 8.65. The number of nitrogens with one attached hydrogen (secondary N) is 1. The number of benzene rings is 1. The standard InChI is InChI=1S/C12H18ClN3O/c1-12(2,11(14)16-17)7-8-15-10-6-4-3-5-9(10)13/h3-6,15,17H,7-8H2,1-2H3,(H2,14,16). The van der Waals surface area contributed by atoms with Gasteiger partial charge in [0, 0.05) is 12.0 Å². The first-order valence-electron chi connectivity index (χ1n) is 5.44. The summed E-state index contributed by atoms with van der Waals surface area (Å²) >= 11 is 6.01. The molecule has 1 rings (SSSR count). The van der Waals surface area contributed by atoms with Crippen LogP contribution in [-0.4, -0.2) is 17.6 Å². The Kier molecular flexibility index (Phi) is 4.63. The predicted molar refractivity (Wildman–Crippen MR) is 71.7 cm³/mol. The van der Waals surface area contributed by atoms with Crippen molar-refractivity contribution in [2.45, 2.75) is 20.3 Å². The minimum Gasteiger partial charge on any atom is -0.409 e. The van der Waals surface area contributed by atoms with Gasteiger partial charge in [-0.15, -0.1) is 0 Å². The van der Waals surface area contributed by atoms with E-state index in [0.717, 1.165) is 12.1 Å². The normalized spacial score (nSPS) is 12.5. The highest BCUT2D eigenvalue weighted by atomic mass is 35.5. The van der Waals surface area contributed by atoms with Crippen molar-refractivity contribution in [1.29, 1.82) is 0 Å². The Balaban J connectivity index is 2.51. The van der Waals surface area contributed by atoms with Crippen molar-refractivity contribution in [2.24, 2.45) is 16.3 Å². The van der Waals surface area contributed by atoms with Crippen LogP contribution in [0.4, 0.5) is 5.69 Å². The molecule has 17 heavy (non-hydrogen) atoms. The zero-order chi connectivity index (χ0) is 12.9. The van der Waals surface area contributed by atoms with Crippen LogP contribution in [0.25, 0.3) is 0 Å². The van der Waals surface area contributed by atoms with Crippen LogP contribution in [0.15, 0.2) is 29.4 Å². The first-order valence-corrected chi connectivity index (χ1v) is 5.81. The number of nitrogens with two attached hydrogens (primary N) is 1. The molecule has 0 aliphatic heterocycles. The lowest BCUT2D eigenvalue weighted by molar-refractivity contribution is 0.306. The van der Waals surface area contributed by atoms with Crippen LogP contribution in [-0.2, 0) is 0 Å². The summed E-state index contributed by atoms with van der Waals surface area (Å²) in [6.45, 7) is 4.56. The molecule has 4 N–H and O–H groups in total. The molecule has 5 heteroatoms. The van der Waals surface area contributed by atoms with Gasteiger partial charge >= 0.3 is 0 Å². The minimum atomic E-state index is -0.344. The molecule has 0 amide bonds. The van der Waals surface area contributed by atoms with Gasteiger partial charge in [-0.05, 0) is 18.6 Å². The molecule has 0 bridgehead atoms. The lowest BCUT2D eigenvalue weighted by Crippen LogP contribution is -2.33. The van der Waals surface area contributed by atoms with Gasteiger partial charge < -0.3 is 16.3 Å². The monoisotopic (exact) mass is 255 g/mol. The number of halogens is 1. The van der Waals surface area contributed by atoms with Crippen molar-refractivity contribution >= 4 is 23.1 Å². The second kappa shape index (κ2) is 5.77. The SMILES string of the molecule is CC(C)(CCNc1ccccc1Cl)C(N)=NO. The van der Waals surface area contributed by atoms with Gasteiger partial charge in [0.2, 0.25) is 0 Å². The Labute approximate surface area is 106 Å². The first kappa shape index (κ1) is 13.6. The smallest absolute Gasteiger partial charge is 0.144 e. The third-order valence-electron chi connectivity index (χ3n) is 2.74. The molecular weight excluding hydrogens is 238 g/mol. The van der Waals surface area contributed by atoms with Crippen LogP contribution in [0.1, 0.15) is 20.3 Å². The van der Waals surface area contributed by atoms with Crippen molar-refractivity contribution in [2.75, 3.05) is 11.9 Å². The first-order chi connectivity index (χ1) is 7.97. The van der Waals surface area contributed by atoms with Gasteiger partial charge in [-0.1, -0.05) is 42.7 Å². The Morgan fingerprint density at radius 1 is 1.47 bits per heavy atom. The lowest BCUT2D eigenvalue weighted by atomic mass is 9.88. The quantitative estimate of drug-likeness (QED) is 0.328. The van der Waals surface area contributed by atoms with Crippen molar-refractivity contribution < 1.29 is 5.21 Å². The van der Waals surface area contributed by atoms with E-state index in [2.05, 4.69) is 10.5 Å². The van der Waals surface area contributed by atoms with Crippen LogP contribution >= 0.6 is 11.6 Å². The maximum Gasteiger partial charge on any atom is 0.144 e. The van der Waals surface area contributed by atoms with Crippen LogP contribution < -0.4 is 11.1 Å². The van der Waals surface area contributed by atoms with Crippen molar-refractivity contribution in [3.8, 4) is 0 Å². The summed E-state index contributed by atoms with van der Waals surface area (Å²) < 4.78 is 0. The summed E-state index contributed by atoms with van der Waals surface area (Å²) in [7, 11) is 0. The molecule has 94 valence electrons. The van der Waals surface area contributed by atoms with E-state index in [0.29, 0.717) is 11.6 Å². The van der Waals surface area contributed by atoms with E-state index < -0.39 is 0 Å². The molecule has 0 spiro atoms. The fourth-order valence-electron chi connectivity index (χ4n) is 1.38. The number of rotatable bonds is 5. The Bertz CT molecular complexity index is 404. The van der Waals surface area contributed by atoms with Gasteiger partial charge in [0.25, 0.3) is 0 Å². The Morgan fingerprint density at radius 2 is 2.12 bits per heavy atom. The molecule has 1 aromatic carbocycles. The summed E-state index contributed by atoms with van der Waals surface area (Å²) in [6, 6.07) is 7.55. The third kappa shape index (κ3) is 3.82. The van der Waals surface area contributed by atoms with Crippen molar-refractivity contribution in [1.82, 2.24) is 0 Å². The van der Waals surface area contributed by atoms with Gasteiger partial charge in [0.05, 0.1) is 10.7 Å². The fourth-order valence-corrected chi connectivity index (χ4v) is 1.58. The summed E-state index contributed by atoms with van der Waals surface area (Å²) in [4.78, 5) is 0. The molecule has 4 nitrogen and oxygen atoms in total. The third-order valence-corrected chi connectivity index (χ3v) is 3.07. The Hall–Kier alpha value is -1.42. The fraction of sp³-hybridized carbons (Fsp3) is 0.417. The molecule has 1 aromatic rings. The van der Waals surface area contributed by atoms with E-state index in [-0.39, 0.29) is 11.3 Å². The molecule has 0 radical (unpaired) electrons. The zero-order valence-electron chi connectivity index (χ0n) is 10.1. The number of hydrogen-bond acceptors (Lipinski definition) is 3. The topological polar surface area (TPSA) is 70.6 Å². The van der Waals surface area contributed by atoms with Crippen molar-refractivity contribution in [3.05, 3.63) is 29.3 Å². The second-order valence-electron chi connectivity index (χ2n) is 4.53. The summed E-state index contributed by atoms with van der Waals surface area (Å²) in [5.41, 5.74) is 6.16. The Morgan fingerprint density at radius 3 is 2.71 bits per heavy atom. The van der Waals surface area contributed by atoms with E-state index in [1.165, 1.54) is 0 Å². The van der Waals surface area contributed by atoms with Gasteiger partial charge in [0.15, 0.2) is 0 Å². The van der Waals surface area contributed by atoms with Crippen molar-refractivity contribution in [3.63, 3.8) is 0 Å². The molecule has 0 heterocycles. The molecule has 0 saturated heterocycles. The van der Waals surface area contributed by atoms with E-state index in [4.69, 9.17) is 22.5 Å². The predicted octanol–water partition coefficient (Wildman–Crippen LogP) is 2.91. The number of anilines is 1. The number of nitrogens with zero attached hydrogens (tertiary/aromatic N) is 1. The van der Waals surface area contributed by atoms with E-state index >= 15 is 0 Å². The molecule has 0 atom stereocenters. The minimum absolute atomic E-state index is 0.235. The van der Waals surface area contributed by atoms with Crippen LogP contribution in [0, 0.1) is 5.41 Å². The van der Waals surface area contributed by atoms with Gasteiger partial charge in [-0.25, -0.2) is 0 Å². The number of oxime groups is 1. The van der Waals surface area contributed by atoms with Crippen LogP contribution in [0.2, 0.25) is 5.02 Å². The molecule has 0 fully saturated rings. The van der Waals surface area contributed by atoms with Crippen LogP contribution in [0.5, 0.6) is 0 Å². The number of para-hydroxylation sites is 1. The van der Waals surface area contributed by atoms with Gasteiger partial charge in [0.1, 0.15) is 5.84 Å². The molecule has 0 aliphatic carbocycles. The molecule has 0 aliphatic rings. The highest BCUT2D eigenvalue weighted by Crippen LogP contribution is 2.23. The summed E-state index contributed by atoms with van der Waals surface area (Å²) in [6.07, 6.45) is 0.744. The lowest BCUT2D eigenvalue weighted by Gasteiger charge is -2.23. The zero-order valence-corrected chi connectivity index (χ0v) is 10.8. The summed E-state index contributed by atoms with van der Waals surface area (Å²) in [5, 5.41) is 15.6. The highest BCUT2D eigenvalue weighted by Gasteiger charge is 2.22. The average molecular weight is 256 g/mol. The molecule has 0 unspecified atom stereocenters. The molecular formula is C12H18ClN3O. The maximum absolute atomic E-state index is 8.65. The highest BCUT2D eigenvalue weighted by molar-refractivity contribution is 6.33. The van der Waals surface area contributed by atoms with E-state index in [1.807, 2.05) is 38.1 Å². The van der Waals surface area contributed by atoms with Gasteiger partial charge in [-0.2, -0.15) is 0 Å². The average Bonchev–Trinajstić information content (AvgIpc) is 2.30. The molecule has 0 saturated carbocycles. The van der Waals surface area contributed by atoms with E-state index in [1.54, 1.807) is 0 Å². The second-order valence-corrected chi connectivity index (χ2v) is 4.93. The number of hydrogen-bond donors (Lipinski definition) is 3. The summed E-state index contributed by atoms with van der Waals surface area (Å²) in [5.74, 6) is 0.235.